The van der Waals surface area contributed by atoms with E-state index in [0.717, 1.165) is 26.6 Å². The average molecular weight is 491 g/mol. The van der Waals surface area contributed by atoms with E-state index in [2.05, 4.69) is 10.3 Å². The van der Waals surface area contributed by atoms with Crippen molar-refractivity contribution in [1.82, 2.24) is 15.2 Å². The number of aryl methyl sites for hydroxylation is 1. The number of primary amides is 1. The first kappa shape index (κ1) is 25.6. The largest absolute Gasteiger partial charge is 0.436 e. The first-order valence-electron chi connectivity index (χ1n) is 11.1. The number of alkyl halides is 1. The Labute approximate surface area is 202 Å². The second kappa shape index (κ2) is 10.1. The highest BCUT2D eigenvalue weighted by atomic mass is 32.1. The summed E-state index contributed by atoms with van der Waals surface area (Å²) in [5.74, 6) is -1.10. The van der Waals surface area contributed by atoms with E-state index in [1.165, 1.54) is 0 Å². The number of nitrogens with one attached hydrogen (secondary N) is 1. The van der Waals surface area contributed by atoms with Crippen molar-refractivity contribution in [2.75, 3.05) is 6.54 Å². The van der Waals surface area contributed by atoms with Gasteiger partial charge in [0.2, 0.25) is 5.91 Å². The number of ether oxygens (including phenoxy) is 1. The molecule has 1 aliphatic rings. The Morgan fingerprint density at radius 2 is 1.91 bits per heavy atom. The van der Waals surface area contributed by atoms with E-state index < -0.39 is 41.6 Å². The molecule has 0 bridgehead atoms. The Hall–Kier alpha value is -3.01. The maximum atomic E-state index is 14.3. The molecule has 3 rings (SSSR count). The third-order valence-corrected chi connectivity index (χ3v) is 6.84. The number of benzene rings is 1. The minimum Gasteiger partial charge on any atom is -0.436 e. The molecule has 2 aromatic rings. The highest BCUT2D eigenvalue weighted by Crippen LogP contribution is 2.30. The third-order valence-electron chi connectivity index (χ3n) is 5.86. The van der Waals surface area contributed by atoms with Gasteiger partial charge in [-0.05, 0) is 25.0 Å². The quantitative estimate of drug-likeness (QED) is 0.640. The maximum Gasteiger partial charge on any atom is 0.405 e. The predicted octanol–water partition coefficient (Wildman–Crippen LogP) is 3.74. The summed E-state index contributed by atoms with van der Waals surface area (Å²) in [5.41, 5.74) is 9.02. The fraction of sp³-hybridized carbons (Fsp3) is 0.500. The Bertz CT molecular complexity index is 1050. The summed E-state index contributed by atoms with van der Waals surface area (Å²) in [6, 6.07) is 6.41. The van der Waals surface area contributed by atoms with Gasteiger partial charge in [0, 0.05) is 11.8 Å². The number of likely N-dealkylation sites (tertiary alicyclic amines) is 1. The van der Waals surface area contributed by atoms with Crippen LogP contribution in [-0.4, -0.2) is 52.7 Å². The molecule has 2 heterocycles. The molecule has 1 unspecified atom stereocenters. The highest BCUT2D eigenvalue weighted by Gasteiger charge is 2.46. The third kappa shape index (κ3) is 5.72. The molecule has 0 spiro atoms. The van der Waals surface area contributed by atoms with Gasteiger partial charge < -0.3 is 20.7 Å². The fourth-order valence-corrected chi connectivity index (χ4v) is 4.85. The number of hydrogen-bond acceptors (Lipinski definition) is 6. The fourth-order valence-electron chi connectivity index (χ4n) is 4.04. The number of nitrogens with zero attached hydrogens (tertiary/aromatic N) is 2. The minimum absolute atomic E-state index is 0.124. The molecule has 1 fully saturated rings. The van der Waals surface area contributed by atoms with Crippen LogP contribution in [0, 0.1) is 12.3 Å². The molecule has 0 saturated carbocycles. The zero-order valence-electron chi connectivity index (χ0n) is 20.0. The van der Waals surface area contributed by atoms with Crippen LogP contribution in [0.25, 0.3) is 10.4 Å². The highest BCUT2D eigenvalue weighted by molar-refractivity contribution is 7.13. The lowest BCUT2D eigenvalue weighted by molar-refractivity contribution is -0.150. The van der Waals surface area contributed by atoms with Crippen LogP contribution in [-0.2, 0) is 14.3 Å². The number of amides is 3. The zero-order valence-corrected chi connectivity index (χ0v) is 20.8. The molecule has 1 aromatic carbocycles. The van der Waals surface area contributed by atoms with Crippen molar-refractivity contribution in [2.45, 2.75) is 65.4 Å². The molecule has 184 valence electrons. The summed E-state index contributed by atoms with van der Waals surface area (Å²) in [5, 5.41) is 2.89. The second-order valence-electron chi connectivity index (χ2n) is 9.64. The molecular weight excluding hydrogens is 459 g/mol. The first-order chi connectivity index (χ1) is 15.9. The number of carbonyl (C=O) groups is 3. The van der Waals surface area contributed by atoms with Crippen molar-refractivity contribution >= 4 is 29.2 Å². The van der Waals surface area contributed by atoms with Crippen molar-refractivity contribution < 1.29 is 23.5 Å². The van der Waals surface area contributed by atoms with Crippen LogP contribution >= 0.6 is 11.3 Å². The van der Waals surface area contributed by atoms with Gasteiger partial charge in [-0.2, -0.15) is 0 Å². The molecular formula is C24H31FN4O4S. The summed E-state index contributed by atoms with van der Waals surface area (Å²) in [7, 11) is 0. The number of rotatable bonds is 6. The second-order valence-corrected chi connectivity index (χ2v) is 10.5. The predicted molar refractivity (Wildman–Crippen MR) is 128 cm³/mol. The Morgan fingerprint density at radius 1 is 1.26 bits per heavy atom. The van der Waals surface area contributed by atoms with Gasteiger partial charge in [-0.3, -0.25) is 9.59 Å². The molecule has 34 heavy (non-hydrogen) atoms. The average Bonchev–Trinajstić information content (AvgIpc) is 3.36. The molecule has 1 saturated heterocycles. The molecule has 4 atom stereocenters. The Kier molecular flexibility index (Phi) is 7.60. The Morgan fingerprint density at radius 3 is 2.44 bits per heavy atom. The van der Waals surface area contributed by atoms with Crippen LogP contribution in [0.3, 0.4) is 0 Å². The van der Waals surface area contributed by atoms with E-state index in [1.54, 1.807) is 37.6 Å². The van der Waals surface area contributed by atoms with E-state index in [-0.39, 0.29) is 19.0 Å². The van der Waals surface area contributed by atoms with Crippen molar-refractivity contribution in [2.24, 2.45) is 11.1 Å². The van der Waals surface area contributed by atoms with Gasteiger partial charge in [-0.15, -0.1) is 11.3 Å². The molecule has 1 aromatic heterocycles. The summed E-state index contributed by atoms with van der Waals surface area (Å²) in [6.45, 7) is 8.65. The Balaban J connectivity index is 1.72. The number of nitrogens with two attached hydrogens (primary N) is 1. The number of aromatic nitrogens is 1. The summed E-state index contributed by atoms with van der Waals surface area (Å²) >= 11 is 1.56. The molecule has 0 radical (unpaired) electrons. The first-order valence-corrected chi connectivity index (χ1v) is 12.0. The van der Waals surface area contributed by atoms with E-state index in [1.807, 2.05) is 38.1 Å². The van der Waals surface area contributed by atoms with Gasteiger partial charge >= 0.3 is 6.09 Å². The molecule has 8 nitrogen and oxygen atoms in total. The van der Waals surface area contributed by atoms with Gasteiger partial charge in [0.05, 0.1) is 28.7 Å². The van der Waals surface area contributed by atoms with Gasteiger partial charge in [0.25, 0.3) is 5.91 Å². The van der Waals surface area contributed by atoms with Crippen LogP contribution in [0.5, 0.6) is 0 Å². The molecule has 3 amide bonds. The van der Waals surface area contributed by atoms with Crippen molar-refractivity contribution in [3.05, 3.63) is 41.0 Å². The topological polar surface area (TPSA) is 115 Å². The summed E-state index contributed by atoms with van der Waals surface area (Å²) in [6.07, 6.45) is -3.81. The monoisotopic (exact) mass is 490 g/mol. The number of hydrogen-bond donors (Lipinski definition) is 2. The molecule has 3 N–H and O–H groups in total. The lowest BCUT2D eigenvalue weighted by Gasteiger charge is -2.34. The van der Waals surface area contributed by atoms with E-state index in [4.69, 9.17) is 10.5 Å². The van der Waals surface area contributed by atoms with Crippen LogP contribution in [0.1, 0.15) is 51.4 Å². The molecule has 1 aliphatic heterocycles. The normalized spacial score (nSPS) is 20.0. The van der Waals surface area contributed by atoms with E-state index >= 15 is 0 Å². The van der Waals surface area contributed by atoms with Crippen molar-refractivity contribution in [1.29, 1.82) is 0 Å². The molecule has 10 heteroatoms. The van der Waals surface area contributed by atoms with Gasteiger partial charge in [0.1, 0.15) is 12.2 Å². The summed E-state index contributed by atoms with van der Waals surface area (Å²) < 4.78 is 19.4. The summed E-state index contributed by atoms with van der Waals surface area (Å²) in [4.78, 5) is 44.1. The van der Waals surface area contributed by atoms with Crippen molar-refractivity contribution in [3.63, 3.8) is 0 Å². The number of thiazole rings is 1. The van der Waals surface area contributed by atoms with Gasteiger partial charge in [-0.25, -0.2) is 14.2 Å². The zero-order chi connectivity index (χ0) is 25.2. The van der Waals surface area contributed by atoms with Crippen LogP contribution in [0.15, 0.2) is 29.8 Å². The van der Waals surface area contributed by atoms with Crippen LogP contribution in [0.4, 0.5) is 9.18 Å². The van der Waals surface area contributed by atoms with E-state index in [9.17, 15) is 18.8 Å². The van der Waals surface area contributed by atoms with Gasteiger partial charge in [0.15, 0.2) is 6.10 Å². The minimum atomic E-state index is -1.36. The van der Waals surface area contributed by atoms with Crippen LogP contribution < -0.4 is 11.1 Å². The van der Waals surface area contributed by atoms with Crippen molar-refractivity contribution in [3.8, 4) is 10.4 Å². The van der Waals surface area contributed by atoms with Crippen LogP contribution in [0.2, 0.25) is 0 Å². The lowest BCUT2D eigenvalue weighted by Crippen LogP contribution is -2.53. The smallest absolute Gasteiger partial charge is 0.405 e. The van der Waals surface area contributed by atoms with Gasteiger partial charge in [-0.1, -0.05) is 45.0 Å². The van der Waals surface area contributed by atoms with E-state index in [0.29, 0.717) is 0 Å². The molecule has 0 aliphatic carbocycles. The maximum absolute atomic E-state index is 14.3. The lowest BCUT2D eigenvalue weighted by atomic mass is 9.88. The number of carbonyl (C=O) groups excluding carboxylic acids is 3. The SMILES string of the molecule is Cc1ncsc1-c1ccc([C@H](C)NC(=O)[C@@H]2C[C@H](F)CN2C(=O)C(OC(N)=O)C(C)(C)C)cc1. The standard InChI is InChI=1S/C24H31FN4O4S/c1-13(15-6-8-16(9-7-15)19-14(2)27-12-34-19)28-21(30)18-10-17(25)11-29(18)22(31)20(24(3,4)5)33-23(26)32/h6-9,12-13,17-18,20H,10-11H2,1-5H3,(H2,26,32)(H,28,30)/t13-,17-,18-,20?/m0/s1. The number of halogens is 1.